The summed E-state index contributed by atoms with van der Waals surface area (Å²) in [6, 6.07) is 18.9. The number of nitrogens with one attached hydrogen (secondary N) is 1. The summed E-state index contributed by atoms with van der Waals surface area (Å²) in [6.45, 7) is 2.06. The van der Waals surface area contributed by atoms with Crippen LogP contribution in [0.15, 0.2) is 76.8 Å². The fourth-order valence-electron chi connectivity index (χ4n) is 2.42. The molecule has 3 aromatic rings. The van der Waals surface area contributed by atoms with Crippen molar-refractivity contribution in [3.63, 3.8) is 0 Å². The maximum atomic E-state index is 12.8. The average Bonchev–Trinajstić information content (AvgIpc) is 2.64. The Morgan fingerprint density at radius 1 is 1.08 bits per heavy atom. The third-order valence-corrected chi connectivity index (χ3v) is 5.24. The van der Waals surface area contributed by atoms with Crippen LogP contribution >= 0.6 is 23.4 Å². The van der Waals surface area contributed by atoms with Crippen LogP contribution in [-0.4, -0.2) is 10.9 Å². The Morgan fingerprint density at radius 3 is 2.64 bits per heavy atom. The number of nitrogens with zero attached hydrogens (tertiary/aromatic N) is 1. The first-order valence-electron chi connectivity index (χ1n) is 7.95. The molecule has 1 amide bonds. The van der Waals surface area contributed by atoms with Crippen LogP contribution in [0.25, 0.3) is 0 Å². The lowest BCUT2D eigenvalue weighted by molar-refractivity contribution is 0.102. The topological polar surface area (TPSA) is 42.0 Å². The van der Waals surface area contributed by atoms with Gasteiger partial charge in [0, 0.05) is 16.8 Å². The molecule has 0 saturated carbocycles. The Morgan fingerprint density at radius 2 is 1.84 bits per heavy atom. The zero-order valence-corrected chi connectivity index (χ0v) is 15.3. The number of anilines is 1. The molecule has 1 aromatic heterocycles. The van der Waals surface area contributed by atoms with Crippen molar-refractivity contribution in [1.29, 1.82) is 0 Å². The molecule has 0 unspecified atom stereocenters. The van der Waals surface area contributed by atoms with E-state index in [0.717, 1.165) is 22.6 Å². The van der Waals surface area contributed by atoms with Gasteiger partial charge in [0.25, 0.3) is 5.91 Å². The van der Waals surface area contributed by atoms with Gasteiger partial charge in [-0.1, -0.05) is 60.6 Å². The van der Waals surface area contributed by atoms with Gasteiger partial charge < -0.3 is 5.32 Å². The van der Waals surface area contributed by atoms with E-state index in [1.807, 2.05) is 48.5 Å². The van der Waals surface area contributed by atoms with Crippen molar-refractivity contribution in [1.82, 2.24) is 4.98 Å². The molecule has 0 fully saturated rings. The summed E-state index contributed by atoms with van der Waals surface area (Å²) in [4.78, 5) is 18.0. The van der Waals surface area contributed by atoms with Crippen molar-refractivity contribution < 1.29 is 4.79 Å². The van der Waals surface area contributed by atoms with E-state index in [2.05, 4.69) is 17.2 Å². The number of amides is 1. The molecule has 0 bridgehead atoms. The van der Waals surface area contributed by atoms with Crippen LogP contribution in [0.1, 0.15) is 22.8 Å². The van der Waals surface area contributed by atoms with Crippen LogP contribution in [0.4, 0.5) is 5.69 Å². The molecule has 126 valence electrons. The first kappa shape index (κ1) is 17.5. The largest absolute Gasteiger partial charge is 0.322 e. The van der Waals surface area contributed by atoms with E-state index in [0.29, 0.717) is 15.6 Å². The SMILES string of the molecule is CCc1ccccc1NC(=O)c1cccnc1Sc1ccccc1Cl. The third-order valence-electron chi connectivity index (χ3n) is 3.71. The van der Waals surface area contributed by atoms with Gasteiger partial charge in [0.05, 0.1) is 10.6 Å². The van der Waals surface area contributed by atoms with E-state index in [4.69, 9.17) is 11.6 Å². The van der Waals surface area contributed by atoms with Crippen LogP contribution in [0.3, 0.4) is 0 Å². The number of para-hydroxylation sites is 1. The highest BCUT2D eigenvalue weighted by Gasteiger charge is 2.15. The number of aromatic nitrogens is 1. The van der Waals surface area contributed by atoms with Crippen LogP contribution in [0.2, 0.25) is 5.02 Å². The van der Waals surface area contributed by atoms with Crippen molar-refractivity contribution in [3.05, 3.63) is 83.0 Å². The van der Waals surface area contributed by atoms with E-state index in [9.17, 15) is 4.79 Å². The highest BCUT2D eigenvalue weighted by molar-refractivity contribution is 7.99. The van der Waals surface area contributed by atoms with Crippen molar-refractivity contribution in [2.24, 2.45) is 0 Å². The highest BCUT2D eigenvalue weighted by Crippen LogP contribution is 2.33. The molecule has 0 saturated heterocycles. The van der Waals surface area contributed by atoms with E-state index < -0.39 is 0 Å². The minimum atomic E-state index is -0.177. The number of halogens is 1. The molecule has 2 aromatic carbocycles. The van der Waals surface area contributed by atoms with Crippen LogP contribution in [0.5, 0.6) is 0 Å². The van der Waals surface area contributed by atoms with Gasteiger partial charge in [0.15, 0.2) is 0 Å². The number of benzene rings is 2. The van der Waals surface area contributed by atoms with Gasteiger partial charge in [0.2, 0.25) is 0 Å². The molecule has 0 atom stereocenters. The molecular formula is C20H17ClN2OS. The molecule has 0 spiro atoms. The smallest absolute Gasteiger partial charge is 0.258 e. The predicted octanol–water partition coefficient (Wildman–Crippen LogP) is 5.70. The summed E-state index contributed by atoms with van der Waals surface area (Å²) in [6.07, 6.45) is 2.53. The normalized spacial score (nSPS) is 10.5. The van der Waals surface area contributed by atoms with Crippen molar-refractivity contribution in [2.45, 2.75) is 23.3 Å². The number of hydrogen-bond acceptors (Lipinski definition) is 3. The van der Waals surface area contributed by atoms with Gasteiger partial charge in [-0.15, -0.1) is 0 Å². The summed E-state index contributed by atoms with van der Waals surface area (Å²) in [5.41, 5.74) is 2.45. The minimum absolute atomic E-state index is 0.177. The molecular weight excluding hydrogens is 352 g/mol. The van der Waals surface area contributed by atoms with E-state index >= 15 is 0 Å². The van der Waals surface area contributed by atoms with E-state index in [1.165, 1.54) is 11.8 Å². The number of rotatable bonds is 5. The van der Waals surface area contributed by atoms with Gasteiger partial charge in [-0.05, 0) is 42.3 Å². The molecule has 25 heavy (non-hydrogen) atoms. The second-order valence-electron chi connectivity index (χ2n) is 5.35. The molecule has 1 N–H and O–H groups in total. The lowest BCUT2D eigenvalue weighted by Crippen LogP contribution is -2.14. The second kappa shape index (κ2) is 8.19. The maximum absolute atomic E-state index is 12.8. The Hall–Kier alpha value is -2.30. The predicted molar refractivity (Wildman–Crippen MR) is 104 cm³/mol. The maximum Gasteiger partial charge on any atom is 0.258 e. The zero-order chi connectivity index (χ0) is 17.6. The van der Waals surface area contributed by atoms with E-state index in [1.54, 1.807) is 18.3 Å². The standard InChI is InChI=1S/C20H17ClN2OS/c1-2-14-8-3-5-11-17(14)23-19(24)15-9-7-13-22-20(15)25-18-12-6-4-10-16(18)21/h3-13H,2H2,1H3,(H,23,24). The highest BCUT2D eigenvalue weighted by atomic mass is 35.5. The fourth-order valence-corrected chi connectivity index (χ4v) is 3.57. The molecule has 1 heterocycles. The average molecular weight is 369 g/mol. The molecule has 3 rings (SSSR count). The summed E-state index contributed by atoms with van der Waals surface area (Å²) in [5.74, 6) is -0.177. The van der Waals surface area contributed by atoms with Crippen molar-refractivity contribution in [3.8, 4) is 0 Å². The molecule has 5 heteroatoms. The monoisotopic (exact) mass is 368 g/mol. The summed E-state index contributed by atoms with van der Waals surface area (Å²) >= 11 is 7.61. The number of carbonyl (C=O) groups is 1. The first-order chi connectivity index (χ1) is 12.2. The Bertz CT molecular complexity index is 898. The van der Waals surface area contributed by atoms with Crippen molar-refractivity contribution >= 4 is 35.0 Å². The number of carbonyl (C=O) groups excluding carboxylic acids is 1. The minimum Gasteiger partial charge on any atom is -0.322 e. The fraction of sp³-hybridized carbons (Fsp3) is 0.100. The lowest BCUT2D eigenvalue weighted by Gasteiger charge is -2.12. The summed E-state index contributed by atoms with van der Waals surface area (Å²) < 4.78 is 0. The van der Waals surface area contributed by atoms with Gasteiger partial charge in [0.1, 0.15) is 5.03 Å². The molecule has 0 radical (unpaired) electrons. The Labute approximate surface area is 156 Å². The van der Waals surface area contributed by atoms with E-state index in [-0.39, 0.29) is 5.91 Å². The summed E-state index contributed by atoms with van der Waals surface area (Å²) in [5, 5.41) is 4.26. The van der Waals surface area contributed by atoms with Gasteiger partial charge in [-0.2, -0.15) is 0 Å². The van der Waals surface area contributed by atoms with Gasteiger partial charge in [-0.3, -0.25) is 4.79 Å². The Kier molecular flexibility index (Phi) is 5.74. The van der Waals surface area contributed by atoms with Crippen LogP contribution < -0.4 is 5.32 Å². The van der Waals surface area contributed by atoms with Gasteiger partial charge >= 0.3 is 0 Å². The second-order valence-corrected chi connectivity index (χ2v) is 6.79. The number of hydrogen-bond donors (Lipinski definition) is 1. The van der Waals surface area contributed by atoms with Crippen LogP contribution in [-0.2, 0) is 6.42 Å². The third kappa shape index (κ3) is 4.21. The molecule has 0 aliphatic carbocycles. The van der Waals surface area contributed by atoms with Gasteiger partial charge in [-0.25, -0.2) is 4.98 Å². The molecule has 0 aliphatic rings. The number of aryl methyl sites for hydroxylation is 1. The first-order valence-corrected chi connectivity index (χ1v) is 9.15. The van der Waals surface area contributed by atoms with Crippen LogP contribution in [0, 0.1) is 0 Å². The number of pyridine rings is 1. The molecule has 3 nitrogen and oxygen atoms in total. The lowest BCUT2D eigenvalue weighted by atomic mass is 10.1. The summed E-state index contributed by atoms with van der Waals surface area (Å²) in [7, 11) is 0. The zero-order valence-electron chi connectivity index (χ0n) is 13.7. The molecule has 0 aliphatic heterocycles. The Balaban J connectivity index is 1.87. The van der Waals surface area contributed by atoms with Crippen molar-refractivity contribution in [2.75, 3.05) is 5.32 Å². The quantitative estimate of drug-likeness (QED) is 0.628.